The van der Waals surface area contributed by atoms with Gasteiger partial charge in [-0.3, -0.25) is 9.59 Å². The Kier molecular flexibility index (Phi) is 5.54. The summed E-state index contributed by atoms with van der Waals surface area (Å²) in [6.45, 7) is 1.65. The van der Waals surface area contributed by atoms with Crippen molar-refractivity contribution in [1.29, 1.82) is 0 Å². The standard InChI is InChI=1S/C25H17FN2O5S/c1-2-32-22(29)13-28-19-9-8-15(26)11-21(19)34-25(28)27-23(30)18-12-17-16-6-4-3-5-14(16)7-10-20(17)33-24(18)31/h3-12H,2,13H2,1H3. The lowest BCUT2D eigenvalue weighted by atomic mass is 10.0. The largest absolute Gasteiger partial charge is 0.465 e. The molecule has 0 aliphatic carbocycles. The molecule has 5 rings (SSSR count). The summed E-state index contributed by atoms with van der Waals surface area (Å²) in [5.74, 6) is -1.82. The fraction of sp³-hybridized carbons (Fsp3) is 0.120. The van der Waals surface area contributed by atoms with E-state index in [4.69, 9.17) is 9.15 Å². The Hall–Kier alpha value is -4.11. The van der Waals surface area contributed by atoms with Gasteiger partial charge in [0.05, 0.1) is 16.8 Å². The molecular weight excluding hydrogens is 459 g/mol. The zero-order valence-corrected chi connectivity index (χ0v) is 18.7. The first kappa shape index (κ1) is 21.7. The van der Waals surface area contributed by atoms with Crippen LogP contribution in [0.25, 0.3) is 32.0 Å². The number of hydrogen-bond donors (Lipinski definition) is 0. The molecule has 9 heteroatoms. The third-order valence-electron chi connectivity index (χ3n) is 5.31. The van der Waals surface area contributed by atoms with E-state index in [0.717, 1.165) is 22.1 Å². The molecule has 0 saturated heterocycles. The molecule has 0 saturated carbocycles. The van der Waals surface area contributed by atoms with Gasteiger partial charge in [-0.15, -0.1) is 0 Å². The van der Waals surface area contributed by atoms with Crippen LogP contribution in [0.5, 0.6) is 0 Å². The number of benzene rings is 3. The Morgan fingerprint density at radius 2 is 1.91 bits per heavy atom. The van der Waals surface area contributed by atoms with Crippen molar-refractivity contribution in [2.75, 3.05) is 6.61 Å². The monoisotopic (exact) mass is 476 g/mol. The van der Waals surface area contributed by atoms with Gasteiger partial charge in [-0.05, 0) is 48.0 Å². The van der Waals surface area contributed by atoms with Crippen LogP contribution in [0.3, 0.4) is 0 Å². The Bertz CT molecular complexity index is 1730. The minimum atomic E-state index is -0.826. The highest BCUT2D eigenvalue weighted by atomic mass is 32.1. The normalized spacial score (nSPS) is 12.0. The van der Waals surface area contributed by atoms with Crippen LogP contribution < -0.4 is 10.4 Å². The van der Waals surface area contributed by atoms with Crippen molar-refractivity contribution in [3.05, 3.63) is 87.3 Å². The molecule has 0 bridgehead atoms. The number of carbonyl (C=O) groups is 2. The highest BCUT2D eigenvalue weighted by Gasteiger charge is 2.17. The van der Waals surface area contributed by atoms with Crippen LogP contribution in [0.15, 0.2) is 74.9 Å². The number of thiazole rings is 1. The second-order valence-corrected chi connectivity index (χ2v) is 8.46. The zero-order chi connectivity index (χ0) is 23.8. The molecule has 1 amide bonds. The fourth-order valence-corrected chi connectivity index (χ4v) is 4.84. The van der Waals surface area contributed by atoms with E-state index in [0.29, 0.717) is 21.2 Å². The first-order chi connectivity index (χ1) is 16.4. The molecule has 0 unspecified atom stereocenters. The molecule has 34 heavy (non-hydrogen) atoms. The van der Waals surface area contributed by atoms with Gasteiger partial charge in [0.2, 0.25) is 0 Å². The fourth-order valence-electron chi connectivity index (χ4n) is 3.79. The van der Waals surface area contributed by atoms with E-state index in [1.165, 1.54) is 28.8 Å². The second-order valence-electron chi connectivity index (χ2n) is 7.45. The Morgan fingerprint density at radius 3 is 2.74 bits per heavy atom. The number of rotatable bonds is 4. The van der Waals surface area contributed by atoms with Crippen LogP contribution in [0.1, 0.15) is 17.3 Å². The van der Waals surface area contributed by atoms with Crippen molar-refractivity contribution in [3.63, 3.8) is 0 Å². The van der Waals surface area contributed by atoms with Crippen LogP contribution in [-0.2, 0) is 16.1 Å². The van der Waals surface area contributed by atoms with Crippen molar-refractivity contribution < 1.29 is 23.1 Å². The molecule has 3 aromatic carbocycles. The van der Waals surface area contributed by atoms with Crippen LogP contribution in [0, 0.1) is 5.82 Å². The van der Waals surface area contributed by atoms with Crippen LogP contribution >= 0.6 is 11.3 Å². The smallest absolute Gasteiger partial charge is 0.349 e. The molecule has 5 aromatic rings. The third-order valence-corrected chi connectivity index (χ3v) is 6.35. The molecule has 170 valence electrons. The average Bonchev–Trinajstić information content (AvgIpc) is 3.14. The lowest BCUT2D eigenvalue weighted by molar-refractivity contribution is -0.143. The average molecular weight is 476 g/mol. The van der Waals surface area contributed by atoms with Gasteiger partial charge < -0.3 is 13.7 Å². The highest BCUT2D eigenvalue weighted by Crippen LogP contribution is 2.25. The summed E-state index contributed by atoms with van der Waals surface area (Å²) in [6.07, 6.45) is 0. The third kappa shape index (κ3) is 3.90. The Labute approximate surface area is 195 Å². The lowest BCUT2D eigenvalue weighted by Gasteiger charge is -2.05. The van der Waals surface area contributed by atoms with Gasteiger partial charge >= 0.3 is 11.6 Å². The SMILES string of the molecule is CCOC(=O)Cn1c(=NC(=O)c2cc3c(ccc4ccccc43)oc2=O)sc2cc(F)ccc21. The van der Waals surface area contributed by atoms with Crippen molar-refractivity contribution in [1.82, 2.24) is 4.57 Å². The number of nitrogens with zero attached hydrogens (tertiary/aromatic N) is 2. The van der Waals surface area contributed by atoms with Gasteiger partial charge in [-0.1, -0.05) is 41.7 Å². The number of ether oxygens (including phenoxy) is 1. The van der Waals surface area contributed by atoms with E-state index in [9.17, 15) is 18.8 Å². The lowest BCUT2D eigenvalue weighted by Crippen LogP contribution is -2.24. The molecule has 0 aliphatic rings. The van der Waals surface area contributed by atoms with Gasteiger partial charge in [0.25, 0.3) is 5.91 Å². The molecular formula is C25H17FN2O5S. The maximum atomic E-state index is 13.8. The molecule has 0 radical (unpaired) electrons. The van der Waals surface area contributed by atoms with Gasteiger partial charge in [0.15, 0.2) is 4.80 Å². The molecule has 0 atom stereocenters. The summed E-state index contributed by atoms with van der Waals surface area (Å²) in [6, 6.07) is 16.6. The van der Waals surface area contributed by atoms with Crippen molar-refractivity contribution >= 4 is 55.2 Å². The van der Waals surface area contributed by atoms with Crippen molar-refractivity contribution in [3.8, 4) is 0 Å². The van der Waals surface area contributed by atoms with Gasteiger partial charge in [-0.2, -0.15) is 4.99 Å². The minimum absolute atomic E-state index is 0.135. The van der Waals surface area contributed by atoms with E-state index in [-0.39, 0.29) is 23.5 Å². The van der Waals surface area contributed by atoms with E-state index in [1.807, 2.05) is 30.3 Å². The molecule has 2 aromatic heterocycles. The number of esters is 1. The number of aromatic nitrogens is 1. The topological polar surface area (TPSA) is 90.9 Å². The number of amides is 1. The molecule has 0 aliphatic heterocycles. The molecule has 0 spiro atoms. The maximum absolute atomic E-state index is 13.8. The first-order valence-electron chi connectivity index (χ1n) is 10.4. The van der Waals surface area contributed by atoms with E-state index in [2.05, 4.69) is 4.99 Å². The van der Waals surface area contributed by atoms with E-state index >= 15 is 0 Å². The number of fused-ring (bicyclic) bond motifs is 4. The zero-order valence-electron chi connectivity index (χ0n) is 17.9. The van der Waals surface area contributed by atoms with Crippen LogP contribution in [-0.4, -0.2) is 23.1 Å². The van der Waals surface area contributed by atoms with Crippen LogP contribution in [0.2, 0.25) is 0 Å². The van der Waals surface area contributed by atoms with E-state index in [1.54, 1.807) is 13.0 Å². The quantitative estimate of drug-likeness (QED) is 0.218. The number of halogens is 1. The summed E-state index contributed by atoms with van der Waals surface area (Å²) < 4.78 is 26.1. The van der Waals surface area contributed by atoms with Gasteiger partial charge in [-0.25, -0.2) is 9.18 Å². The molecule has 0 fully saturated rings. The first-order valence-corrected chi connectivity index (χ1v) is 11.3. The van der Waals surface area contributed by atoms with Gasteiger partial charge in [0, 0.05) is 5.39 Å². The molecule has 2 heterocycles. The van der Waals surface area contributed by atoms with Gasteiger partial charge in [0.1, 0.15) is 23.5 Å². The second kappa shape index (κ2) is 8.68. The number of carbonyl (C=O) groups excluding carboxylic acids is 2. The predicted molar refractivity (Wildman–Crippen MR) is 126 cm³/mol. The van der Waals surface area contributed by atoms with Crippen molar-refractivity contribution in [2.24, 2.45) is 4.99 Å². The van der Waals surface area contributed by atoms with Crippen LogP contribution in [0.4, 0.5) is 4.39 Å². The summed E-state index contributed by atoms with van der Waals surface area (Å²) in [4.78, 5) is 42.1. The molecule has 0 N–H and O–H groups in total. The number of hydrogen-bond acceptors (Lipinski definition) is 6. The Morgan fingerprint density at radius 1 is 1.09 bits per heavy atom. The molecule has 7 nitrogen and oxygen atoms in total. The summed E-state index contributed by atoms with van der Waals surface area (Å²) >= 11 is 1.03. The van der Waals surface area contributed by atoms with E-state index < -0.39 is 23.3 Å². The summed E-state index contributed by atoms with van der Waals surface area (Å²) in [5, 5.41) is 2.36. The predicted octanol–water partition coefficient (Wildman–Crippen LogP) is 4.41. The van der Waals surface area contributed by atoms with Crippen molar-refractivity contribution in [2.45, 2.75) is 13.5 Å². The summed E-state index contributed by atoms with van der Waals surface area (Å²) in [7, 11) is 0. The maximum Gasteiger partial charge on any atom is 0.349 e. The highest BCUT2D eigenvalue weighted by molar-refractivity contribution is 7.16. The minimum Gasteiger partial charge on any atom is -0.465 e. The summed E-state index contributed by atoms with van der Waals surface area (Å²) in [5.41, 5.74) is -0.187. The Balaban J connectivity index is 1.68.